The summed E-state index contributed by atoms with van der Waals surface area (Å²) in [6.07, 6.45) is 1.60. The van der Waals surface area contributed by atoms with Crippen LogP contribution in [0.15, 0.2) is 42.6 Å². The van der Waals surface area contributed by atoms with Crippen LogP contribution in [0.3, 0.4) is 0 Å². The zero-order valence-electron chi connectivity index (χ0n) is 10.2. The summed E-state index contributed by atoms with van der Waals surface area (Å²) < 4.78 is 32.0. The van der Waals surface area contributed by atoms with Crippen molar-refractivity contribution in [3.05, 3.63) is 54.2 Å². The number of aromatic nitrogens is 2. The molecule has 0 fully saturated rings. The van der Waals surface area contributed by atoms with Gasteiger partial charge in [0.05, 0.1) is 0 Å². The molecule has 0 amide bonds. The van der Waals surface area contributed by atoms with Gasteiger partial charge in [-0.05, 0) is 12.1 Å². The zero-order valence-corrected chi connectivity index (χ0v) is 10.2. The molecule has 0 aliphatic rings. The van der Waals surface area contributed by atoms with Gasteiger partial charge in [-0.15, -0.1) is 0 Å². The first kappa shape index (κ1) is 12.3. The Morgan fingerprint density at radius 1 is 1.05 bits per heavy atom. The lowest BCUT2D eigenvalue weighted by Crippen LogP contribution is -2.00. The van der Waals surface area contributed by atoms with Gasteiger partial charge in [0, 0.05) is 17.6 Å². The number of para-hydroxylation sites is 1. The molecular formula is C14H9F2N3O. The van der Waals surface area contributed by atoms with E-state index in [0.29, 0.717) is 17.3 Å². The molecule has 2 aromatic heterocycles. The molecule has 4 nitrogen and oxygen atoms in total. The molecule has 0 spiro atoms. The Labute approximate surface area is 112 Å². The Balaban J connectivity index is 2.08. The minimum absolute atomic E-state index is 0.320. The molecule has 1 aromatic carbocycles. The third kappa shape index (κ3) is 2.11. The standard InChI is InChI=1S/C14H9F2N3O/c15-9-7-10(16)14(19-13(9)17)20-11-5-1-3-8-4-2-6-18-12(8)11/h1-7H,(H2,17,19). The molecule has 0 saturated carbocycles. The van der Waals surface area contributed by atoms with Gasteiger partial charge < -0.3 is 10.5 Å². The number of hydrogen-bond donors (Lipinski definition) is 1. The van der Waals surface area contributed by atoms with Crippen molar-refractivity contribution in [2.24, 2.45) is 0 Å². The highest BCUT2D eigenvalue weighted by molar-refractivity contribution is 5.84. The molecule has 20 heavy (non-hydrogen) atoms. The Bertz CT molecular complexity index is 787. The second kappa shape index (κ2) is 4.73. The molecule has 2 heterocycles. The van der Waals surface area contributed by atoms with Crippen molar-refractivity contribution in [2.75, 3.05) is 5.73 Å². The lowest BCUT2D eigenvalue weighted by molar-refractivity contribution is 0.421. The molecule has 0 aliphatic heterocycles. The molecule has 3 rings (SSSR count). The van der Waals surface area contributed by atoms with E-state index in [0.717, 1.165) is 5.39 Å². The predicted octanol–water partition coefficient (Wildman–Crippen LogP) is 3.28. The Hall–Kier alpha value is -2.76. The highest BCUT2D eigenvalue weighted by Gasteiger charge is 2.13. The van der Waals surface area contributed by atoms with E-state index in [1.807, 2.05) is 12.1 Å². The van der Waals surface area contributed by atoms with Gasteiger partial charge in [0.15, 0.2) is 23.2 Å². The summed E-state index contributed by atoms with van der Waals surface area (Å²) in [6, 6.07) is 9.47. The van der Waals surface area contributed by atoms with Crippen molar-refractivity contribution in [1.82, 2.24) is 9.97 Å². The molecule has 2 N–H and O–H groups in total. The molecule has 0 unspecified atom stereocenters. The molecule has 0 atom stereocenters. The van der Waals surface area contributed by atoms with Gasteiger partial charge >= 0.3 is 0 Å². The van der Waals surface area contributed by atoms with Gasteiger partial charge in [-0.1, -0.05) is 18.2 Å². The van der Waals surface area contributed by atoms with Gasteiger partial charge in [0.2, 0.25) is 0 Å². The molecule has 100 valence electrons. The molecule has 0 aliphatic carbocycles. The number of anilines is 1. The number of nitrogens with two attached hydrogens (primary N) is 1. The van der Waals surface area contributed by atoms with Crippen LogP contribution in [0.5, 0.6) is 11.6 Å². The van der Waals surface area contributed by atoms with Crippen LogP contribution >= 0.6 is 0 Å². The van der Waals surface area contributed by atoms with Crippen LogP contribution in [-0.4, -0.2) is 9.97 Å². The number of fused-ring (bicyclic) bond motifs is 1. The Morgan fingerprint density at radius 3 is 2.70 bits per heavy atom. The topological polar surface area (TPSA) is 61.0 Å². The Morgan fingerprint density at radius 2 is 1.85 bits per heavy atom. The monoisotopic (exact) mass is 273 g/mol. The normalized spacial score (nSPS) is 10.7. The quantitative estimate of drug-likeness (QED) is 0.778. The van der Waals surface area contributed by atoms with E-state index < -0.39 is 17.5 Å². The van der Waals surface area contributed by atoms with E-state index in [9.17, 15) is 8.78 Å². The van der Waals surface area contributed by atoms with Crippen molar-refractivity contribution in [3.63, 3.8) is 0 Å². The summed E-state index contributed by atoms with van der Waals surface area (Å²) in [4.78, 5) is 7.72. The third-order valence-corrected chi connectivity index (χ3v) is 2.73. The first-order valence-corrected chi connectivity index (χ1v) is 5.78. The average molecular weight is 273 g/mol. The van der Waals surface area contributed by atoms with E-state index in [2.05, 4.69) is 9.97 Å². The molecule has 0 radical (unpaired) electrons. The van der Waals surface area contributed by atoms with E-state index in [1.54, 1.807) is 24.4 Å². The summed E-state index contributed by atoms with van der Waals surface area (Å²) in [6.45, 7) is 0. The third-order valence-electron chi connectivity index (χ3n) is 2.73. The fourth-order valence-corrected chi connectivity index (χ4v) is 1.80. The van der Waals surface area contributed by atoms with Gasteiger partial charge in [-0.2, -0.15) is 4.98 Å². The van der Waals surface area contributed by atoms with Gasteiger partial charge in [-0.25, -0.2) is 8.78 Å². The number of nitrogens with zero attached hydrogens (tertiary/aromatic N) is 2. The summed E-state index contributed by atoms with van der Waals surface area (Å²) in [7, 11) is 0. The molecule has 3 aromatic rings. The smallest absolute Gasteiger partial charge is 0.258 e. The van der Waals surface area contributed by atoms with Crippen molar-refractivity contribution in [2.45, 2.75) is 0 Å². The number of ether oxygens (including phenoxy) is 1. The number of halogens is 2. The van der Waals surface area contributed by atoms with E-state index in [1.165, 1.54) is 0 Å². The summed E-state index contributed by atoms with van der Waals surface area (Å²) in [5, 5.41) is 0.834. The minimum Gasteiger partial charge on any atom is -0.434 e. The van der Waals surface area contributed by atoms with Gasteiger partial charge in [0.25, 0.3) is 5.88 Å². The fraction of sp³-hybridized carbons (Fsp3) is 0. The molecule has 6 heteroatoms. The average Bonchev–Trinajstić information content (AvgIpc) is 2.45. The number of rotatable bonds is 2. The van der Waals surface area contributed by atoms with Crippen molar-refractivity contribution < 1.29 is 13.5 Å². The number of pyridine rings is 2. The SMILES string of the molecule is Nc1nc(Oc2cccc3cccnc23)c(F)cc1F. The zero-order chi connectivity index (χ0) is 14.1. The van der Waals surface area contributed by atoms with Crippen LogP contribution in [0.1, 0.15) is 0 Å². The highest BCUT2D eigenvalue weighted by atomic mass is 19.1. The lowest BCUT2D eigenvalue weighted by Gasteiger charge is -2.08. The summed E-state index contributed by atoms with van der Waals surface area (Å²) >= 11 is 0. The number of nitrogen functional groups attached to an aromatic ring is 1. The number of hydrogen-bond acceptors (Lipinski definition) is 4. The van der Waals surface area contributed by atoms with Crippen LogP contribution < -0.4 is 10.5 Å². The summed E-state index contributed by atoms with van der Waals surface area (Å²) in [5.41, 5.74) is 5.86. The molecule has 0 bridgehead atoms. The predicted molar refractivity (Wildman–Crippen MR) is 70.4 cm³/mol. The highest BCUT2D eigenvalue weighted by Crippen LogP contribution is 2.29. The fourth-order valence-electron chi connectivity index (χ4n) is 1.80. The van der Waals surface area contributed by atoms with Gasteiger partial charge in [0.1, 0.15) is 5.52 Å². The second-order valence-electron chi connectivity index (χ2n) is 4.08. The van der Waals surface area contributed by atoms with Crippen LogP contribution in [0.25, 0.3) is 10.9 Å². The van der Waals surface area contributed by atoms with Crippen molar-refractivity contribution >= 4 is 16.7 Å². The maximum absolute atomic E-state index is 13.6. The lowest BCUT2D eigenvalue weighted by atomic mass is 10.2. The first-order valence-electron chi connectivity index (χ1n) is 5.78. The van der Waals surface area contributed by atoms with E-state index in [-0.39, 0.29) is 5.88 Å². The first-order chi connectivity index (χ1) is 9.65. The maximum Gasteiger partial charge on any atom is 0.258 e. The largest absolute Gasteiger partial charge is 0.434 e. The second-order valence-corrected chi connectivity index (χ2v) is 4.08. The van der Waals surface area contributed by atoms with Crippen molar-refractivity contribution in [1.29, 1.82) is 0 Å². The van der Waals surface area contributed by atoms with E-state index in [4.69, 9.17) is 10.5 Å². The Kier molecular flexibility index (Phi) is 2.90. The van der Waals surface area contributed by atoms with Crippen molar-refractivity contribution in [3.8, 4) is 11.6 Å². The number of benzene rings is 1. The summed E-state index contributed by atoms with van der Waals surface area (Å²) in [5.74, 6) is -2.34. The minimum atomic E-state index is -0.926. The van der Waals surface area contributed by atoms with E-state index >= 15 is 0 Å². The maximum atomic E-state index is 13.6. The van der Waals surface area contributed by atoms with Crippen LogP contribution in [0.2, 0.25) is 0 Å². The van der Waals surface area contributed by atoms with Crippen LogP contribution in [0, 0.1) is 11.6 Å². The molecular weight excluding hydrogens is 264 g/mol. The molecule has 0 saturated heterocycles. The van der Waals surface area contributed by atoms with Crippen LogP contribution in [0.4, 0.5) is 14.6 Å². The van der Waals surface area contributed by atoms with Crippen LogP contribution in [-0.2, 0) is 0 Å². The van der Waals surface area contributed by atoms with Gasteiger partial charge in [-0.3, -0.25) is 4.98 Å².